The van der Waals surface area contributed by atoms with E-state index in [0.29, 0.717) is 6.54 Å². The number of aryl methyl sites for hydroxylation is 1. The molecule has 1 amide bonds. The van der Waals surface area contributed by atoms with Gasteiger partial charge in [-0.3, -0.25) is 4.79 Å². The van der Waals surface area contributed by atoms with Crippen molar-refractivity contribution in [3.63, 3.8) is 0 Å². The van der Waals surface area contributed by atoms with Crippen LogP contribution in [0.5, 0.6) is 0 Å². The van der Waals surface area contributed by atoms with Gasteiger partial charge in [-0.05, 0) is 53.0 Å². The van der Waals surface area contributed by atoms with Crippen LogP contribution in [0.25, 0.3) is 11.0 Å². The van der Waals surface area contributed by atoms with Crippen LogP contribution in [0.4, 0.5) is 0 Å². The van der Waals surface area contributed by atoms with Crippen molar-refractivity contribution in [3.8, 4) is 0 Å². The fraction of sp³-hybridized carbons (Fsp3) is 0.357. The molecule has 5 heteroatoms. The second-order valence-corrected chi connectivity index (χ2v) is 10.5. The number of nitrogens with one attached hydrogen (secondary N) is 1. The Morgan fingerprint density at radius 2 is 1.76 bits per heavy atom. The summed E-state index contributed by atoms with van der Waals surface area (Å²) in [5, 5.41) is 4.95. The van der Waals surface area contributed by atoms with Crippen molar-refractivity contribution >= 4 is 28.3 Å². The predicted octanol–water partition coefficient (Wildman–Crippen LogP) is 6.59. The van der Waals surface area contributed by atoms with Gasteiger partial charge in [0, 0.05) is 19.5 Å². The van der Waals surface area contributed by atoms with Crippen LogP contribution < -0.4 is 5.32 Å². The van der Waals surface area contributed by atoms with Crippen LogP contribution in [0.3, 0.4) is 0 Å². The first-order valence-electron chi connectivity index (χ1n) is 11.8. The molecule has 2 aromatic heterocycles. The van der Waals surface area contributed by atoms with Crippen molar-refractivity contribution in [2.24, 2.45) is 0 Å². The third kappa shape index (κ3) is 5.91. The molecule has 172 valence electrons. The second kappa shape index (κ2) is 10.3. The van der Waals surface area contributed by atoms with E-state index in [9.17, 15) is 4.79 Å². The number of carbonyl (C=O) groups is 1. The molecule has 0 radical (unpaired) electrons. The average Bonchev–Trinajstić information content (AvgIpc) is 3.45. The van der Waals surface area contributed by atoms with Gasteiger partial charge in [-0.25, -0.2) is 4.98 Å². The maximum absolute atomic E-state index is 12.0. The zero-order valence-electron chi connectivity index (χ0n) is 19.8. The molecule has 2 aromatic carbocycles. The van der Waals surface area contributed by atoms with Crippen molar-refractivity contribution < 1.29 is 4.79 Å². The summed E-state index contributed by atoms with van der Waals surface area (Å²) in [5.74, 6) is 1.17. The average molecular weight is 460 g/mol. The summed E-state index contributed by atoms with van der Waals surface area (Å²) in [6.07, 6.45) is 4.04. The predicted molar refractivity (Wildman–Crippen MR) is 138 cm³/mol. The van der Waals surface area contributed by atoms with Crippen molar-refractivity contribution in [2.45, 2.75) is 58.4 Å². The van der Waals surface area contributed by atoms with Crippen LogP contribution >= 0.6 is 11.3 Å². The fourth-order valence-corrected chi connectivity index (χ4v) is 4.71. The molecule has 4 aromatic rings. The highest BCUT2D eigenvalue weighted by Crippen LogP contribution is 2.24. The molecule has 2 heterocycles. The SMILES string of the molecule is CC(C)(C)c1ccc(Cn2c(CCCCCNC(=O)c3cccs3)nc3ccccc32)cc1. The number of carbonyl (C=O) groups excluding carboxylic acids is 1. The van der Waals surface area contributed by atoms with E-state index in [1.165, 1.54) is 28.0 Å². The molecule has 4 nitrogen and oxygen atoms in total. The molecule has 1 N–H and O–H groups in total. The highest BCUT2D eigenvalue weighted by atomic mass is 32.1. The van der Waals surface area contributed by atoms with Crippen molar-refractivity contribution in [3.05, 3.63) is 87.9 Å². The van der Waals surface area contributed by atoms with Gasteiger partial charge >= 0.3 is 0 Å². The van der Waals surface area contributed by atoms with Gasteiger partial charge in [-0.15, -0.1) is 11.3 Å². The van der Waals surface area contributed by atoms with Crippen LogP contribution in [0.1, 0.15) is 66.7 Å². The van der Waals surface area contributed by atoms with E-state index in [2.05, 4.69) is 79.2 Å². The van der Waals surface area contributed by atoms with Crippen LogP contribution in [0, 0.1) is 0 Å². The molecule has 0 atom stereocenters. The van der Waals surface area contributed by atoms with Gasteiger partial charge in [0.2, 0.25) is 0 Å². The lowest BCUT2D eigenvalue weighted by Crippen LogP contribution is -2.23. The number of aromatic nitrogens is 2. The number of amides is 1. The first-order valence-corrected chi connectivity index (χ1v) is 12.6. The Morgan fingerprint density at radius 1 is 0.970 bits per heavy atom. The summed E-state index contributed by atoms with van der Waals surface area (Å²) in [6, 6.07) is 21.2. The summed E-state index contributed by atoms with van der Waals surface area (Å²) >= 11 is 1.48. The minimum absolute atomic E-state index is 0.0317. The second-order valence-electron chi connectivity index (χ2n) is 9.59. The van der Waals surface area contributed by atoms with Crippen molar-refractivity contribution in [2.75, 3.05) is 6.54 Å². The van der Waals surface area contributed by atoms with Crippen LogP contribution in [-0.2, 0) is 18.4 Å². The van der Waals surface area contributed by atoms with E-state index >= 15 is 0 Å². The van der Waals surface area contributed by atoms with E-state index in [4.69, 9.17) is 4.98 Å². The molecule has 33 heavy (non-hydrogen) atoms. The monoisotopic (exact) mass is 459 g/mol. The standard InChI is InChI=1S/C28H33N3OS/c1-28(2,3)22-16-14-21(15-17-22)20-31-24-11-7-6-10-23(24)30-26(31)13-5-4-8-18-29-27(32)25-12-9-19-33-25/h6-7,9-12,14-17,19H,4-5,8,13,18,20H2,1-3H3,(H,29,32). The molecule has 0 saturated heterocycles. The Hall–Kier alpha value is -2.92. The Labute approximate surface area is 200 Å². The maximum atomic E-state index is 12.0. The number of benzene rings is 2. The summed E-state index contributed by atoms with van der Waals surface area (Å²) in [4.78, 5) is 17.8. The Bertz CT molecular complexity index is 1180. The highest BCUT2D eigenvalue weighted by Gasteiger charge is 2.14. The van der Waals surface area contributed by atoms with Gasteiger partial charge in [0.25, 0.3) is 5.91 Å². The molecular weight excluding hydrogens is 426 g/mol. The number of hydrogen-bond acceptors (Lipinski definition) is 3. The molecule has 0 aliphatic rings. The van der Waals surface area contributed by atoms with E-state index in [-0.39, 0.29) is 11.3 Å². The molecule has 4 rings (SSSR count). The van der Waals surface area contributed by atoms with Gasteiger partial charge in [-0.1, -0.05) is 69.7 Å². The number of imidazole rings is 1. The van der Waals surface area contributed by atoms with Gasteiger partial charge in [-0.2, -0.15) is 0 Å². The molecule has 0 bridgehead atoms. The molecule has 0 saturated carbocycles. The number of rotatable bonds is 9. The Kier molecular flexibility index (Phi) is 7.29. The van der Waals surface area contributed by atoms with Gasteiger partial charge < -0.3 is 9.88 Å². The van der Waals surface area contributed by atoms with Crippen LogP contribution in [0.15, 0.2) is 66.0 Å². The number of unbranched alkanes of at least 4 members (excludes halogenated alkanes) is 2. The number of para-hydroxylation sites is 2. The third-order valence-electron chi connectivity index (χ3n) is 6.00. The number of hydrogen-bond donors (Lipinski definition) is 1. The first kappa shape index (κ1) is 23.2. The van der Waals surface area contributed by atoms with Crippen molar-refractivity contribution in [1.29, 1.82) is 0 Å². The Balaban J connectivity index is 1.36. The lowest BCUT2D eigenvalue weighted by Gasteiger charge is -2.19. The smallest absolute Gasteiger partial charge is 0.261 e. The molecule has 0 aliphatic heterocycles. The summed E-state index contributed by atoms with van der Waals surface area (Å²) < 4.78 is 2.36. The Morgan fingerprint density at radius 3 is 2.48 bits per heavy atom. The lowest BCUT2D eigenvalue weighted by atomic mass is 9.87. The quantitative estimate of drug-likeness (QED) is 0.287. The number of nitrogens with zero attached hydrogens (tertiary/aromatic N) is 2. The van der Waals surface area contributed by atoms with Gasteiger partial charge in [0.1, 0.15) is 5.82 Å². The van der Waals surface area contributed by atoms with E-state index < -0.39 is 0 Å². The topological polar surface area (TPSA) is 46.9 Å². The molecule has 0 fully saturated rings. The summed E-state index contributed by atoms with van der Waals surface area (Å²) in [7, 11) is 0. The molecular formula is C28H33N3OS. The maximum Gasteiger partial charge on any atom is 0.261 e. The molecule has 0 unspecified atom stereocenters. The van der Waals surface area contributed by atoms with Gasteiger partial charge in [0.15, 0.2) is 0 Å². The fourth-order valence-electron chi connectivity index (χ4n) is 4.07. The zero-order valence-corrected chi connectivity index (χ0v) is 20.6. The zero-order chi connectivity index (χ0) is 23.3. The minimum atomic E-state index is 0.0317. The highest BCUT2D eigenvalue weighted by molar-refractivity contribution is 7.12. The number of thiophene rings is 1. The summed E-state index contributed by atoms with van der Waals surface area (Å²) in [6.45, 7) is 8.29. The largest absolute Gasteiger partial charge is 0.351 e. The summed E-state index contributed by atoms with van der Waals surface area (Å²) in [5.41, 5.74) is 5.06. The molecule has 0 spiro atoms. The van der Waals surface area contributed by atoms with E-state index in [1.54, 1.807) is 0 Å². The lowest BCUT2D eigenvalue weighted by molar-refractivity contribution is 0.0957. The third-order valence-corrected chi connectivity index (χ3v) is 6.87. The van der Waals surface area contributed by atoms with Crippen molar-refractivity contribution in [1.82, 2.24) is 14.9 Å². The normalized spacial score (nSPS) is 11.7. The molecule has 0 aliphatic carbocycles. The van der Waals surface area contributed by atoms with Gasteiger partial charge in [0.05, 0.1) is 15.9 Å². The van der Waals surface area contributed by atoms with Crippen LogP contribution in [-0.4, -0.2) is 22.0 Å². The van der Waals surface area contributed by atoms with E-state index in [1.807, 2.05) is 17.5 Å². The first-order chi connectivity index (χ1) is 15.9. The van der Waals surface area contributed by atoms with E-state index in [0.717, 1.165) is 48.4 Å². The van der Waals surface area contributed by atoms with Crippen LogP contribution in [0.2, 0.25) is 0 Å². The minimum Gasteiger partial charge on any atom is -0.351 e. The number of fused-ring (bicyclic) bond motifs is 1.